The zero-order valence-corrected chi connectivity index (χ0v) is 31.6. The third-order valence-corrected chi connectivity index (χ3v) is 11.0. The quantitative estimate of drug-likeness (QED) is 0.126. The number of carboxylic acid groups (broad SMARTS) is 1. The first-order chi connectivity index (χ1) is 25.6. The monoisotopic (exact) mass is 763 g/mol. The van der Waals surface area contributed by atoms with Crippen molar-refractivity contribution in [3.8, 4) is 0 Å². The lowest BCUT2D eigenvalue weighted by atomic mass is 10.0. The second-order valence-corrected chi connectivity index (χ2v) is 15.7. The number of sulfonamides is 1. The van der Waals surface area contributed by atoms with Gasteiger partial charge in [0.2, 0.25) is 27.7 Å². The van der Waals surface area contributed by atoms with Crippen molar-refractivity contribution in [2.24, 2.45) is 11.7 Å². The molecule has 1 saturated heterocycles. The summed E-state index contributed by atoms with van der Waals surface area (Å²) in [5.41, 5.74) is 8.83. The number of nitrogens with zero attached hydrogens (tertiary/aromatic N) is 2. The molecule has 1 heterocycles. The minimum atomic E-state index is -4.08. The van der Waals surface area contributed by atoms with E-state index >= 15 is 0 Å². The largest absolute Gasteiger partial charge is 0.480 e. The first kappa shape index (κ1) is 41.4. The Morgan fingerprint density at radius 1 is 0.944 bits per heavy atom. The summed E-state index contributed by atoms with van der Waals surface area (Å²) in [7, 11) is -2.55. The van der Waals surface area contributed by atoms with Gasteiger partial charge in [0.15, 0.2) is 0 Å². The number of hydrogen-bond acceptors (Lipinski definition) is 8. The lowest BCUT2D eigenvalue weighted by Gasteiger charge is -2.29. The van der Waals surface area contributed by atoms with Gasteiger partial charge in [0.1, 0.15) is 18.1 Å². The molecule has 3 aromatic carbocycles. The second kappa shape index (κ2) is 18.6. The van der Waals surface area contributed by atoms with Crippen molar-refractivity contribution in [1.82, 2.24) is 19.8 Å². The van der Waals surface area contributed by atoms with Crippen LogP contribution in [-0.2, 0) is 35.6 Å². The molecule has 0 unspecified atom stereocenters. The summed E-state index contributed by atoms with van der Waals surface area (Å²) in [5, 5.41) is 20.6. The van der Waals surface area contributed by atoms with Crippen molar-refractivity contribution in [2.75, 3.05) is 30.8 Å². The molecule has 15 nitrogen and oxygen atoms in total. The van der Waals surface area contributed by atoms with Gasteiger partial charge in [0.05, 0.1) is 11.3 Å². The van der Waals surface area contributed by atoms with Crippen LogP contribution in [0.2, 0.25) is 0 Å². The number of hydrogen-bond donors (Lipinski definition) is 6. The van der Waals surface area contributed by atoms with Crippen molar-refractivity contribution < 1.29 is 37.5 Å². The van der Waals surface area contributed by atoms with E-state index in [2.05, 4.69) is 21.3 Å². The van der Waals surface area contributed by atoms with Crippen LogP contribution in [0.3, 0.4) is 0 Å². The molecule has 1 aliphatic heterocycles. The molecule has 0 radical (unpaired) electrons. The van der Waals surface area contributed by atoms with E-state index in [0.29, 0.717) is 23.4 Å². The first-order valence-electron chi connectivity index (χ1n) is 17.7. The normalized spacial score (nSPS) is 16.9. The maximum absolute atomic E-state index is 13.4. The Kier molecular flexibility index (Phi) is 14.3. The van der Waals surface area contributed by atoms with Crippen LogP contribution in [0.5, 0.6) is 0 Å². The third-order valence-electron chi connectivity index (χ3n) is 9.11. The lowest BCUT2D eigenvalue weighted by molar-refractivity contribution is -0.142. The summed E-state index contributed by atoms with van der Waals surface area (Å²) in [6.45, 7) is 5.45. The van der Waals surface area contributed by atoms with Crippen LogP contribution in [0.15, 0.2) is 83.8 Å². The van der Waals surface area contributed by atoms with Gasteiger partial charge in [-0.2, -0.15) is 4.31 Å². The summed E-state index contributed by atoms with van der Waals surface area (Å²) >= 11 is 0. The van der Waals surface area contributed by atoms with E-state index in [1.807, 2.05) is 39.0 Å². The highest BCUT2D eigenvalue weighted by molar-refractivity contribution is 7.89. The van der Waals surface area contributed by atoms with E-state index in [1.54, 1.807) is 48.5 Å². The summed E-state index contributed by atoms with van der Waals surface area (Å²) in [6.07, 6.45) is 0.125. The molecule has 0 aliphatic carbocycles. The van der Waals surface area contributed by atoms with Gasteiger partial charge in [0.25, 0.3) is 0 Å². The number of carboxylic acids is 1. The van der Waals surface area contributed by atoms with Crippen LogP contribution in [0.25, 0.3) is 0 Å². The van der Waals surface area contributed by atoms with Gasteiger partial charge in [-0.05, 0) is 73.6 Å². The Labute approximate surface area is 315 Å². The van der Waals surface area contributed by atoms with Gasteiger partial charge < -0.3 is 37.0 Å². The highest BCUT2D eigenvalue weighted by Crippen LogP contribution is 2.26. The number of carbonyl (C=O) groups is 5. The smallest absolute Gasteiger partial charge is 0.326 e. The molecule has 16 heteroatoms. The minimum Gasteiger partial charge on any atom is -0.480 e. The van der Waals surface area contributed by atoms with Crippen molar-refractivity contribution in [2.45, 2.75) is 75.5 Å². The Morgan fingerprint density at radius 2 is 1.59 bits per heavy atom. The number of amides is 5. The number of urea groups is 1. The molecule has 0 aromatic heterocycles. The van der Waals surface area contributed by atoms with Gasteiger partial charge in [-0.25, -0.2) is 18.0 Å². The molecule has 4 atom stereocenters. The van der Waals surface area contributed by atoms with E-state index in [-0.39, 0.29) is 49.1 Å². The standard InChI is InChI=1S/C38H49N7O8S/c1-24(2)20-32(44(4)34(46)21-26-14-16-28(17-15-26)41-38(51)43-30-13-9-8-10-25(30)3)35(47)40-19-18-31(37(49)50)42-36(48)33-22-27(39)23-45(33)54(52,53)29-11-6-5-7-12-29/h5-17,24,27,31-33H,18-23,39H2,1-4H3,(H,40,47)(H,42,48)(H,49,50)(H2,41,43,51)/t27-,31-,32-,33-/m0/s1. The lowest BCUT2D eigenvalue weighted by Crippen LogP contribution is -2.52. The van der Waals surface area contributed by atoms with Crippen molar-refractivity contribution in [1.29, 1.82) is 0 Å². The highest BCUT2D eigenvalue weighted by Gasteiger charge is 2.43. The predicted octanol–water partition coefficient (Wildman–Crippen LogP) is 2.92. The van der Waals surface area contributed by atoms with Crippen molar-refractivity contribution in [3.05, 3.63) is 90.0 Å². The first-order valence-corrected chi connectivity index (χ1v) is 19.1. The van der Waals surface area contributed by atoms with Crippen LogP contribution >= 0.6 is 0 Å². The minimum absolute atomic E-state index is 0.00486. The molecular weight excluding hydrogens is 715 g/mol. The van der Waals surface area contributed by atoms with Crippen LogP contribution in [0, 0.1) is 12.8 Å². The molecule has 0 saturated carbocycles. The second-order valence-electron chi connectivity index (χ2n) is 13.8. The fourth-order valence-corrected chi connectivity index (χ4v) is 7.79. The van der Waals surface area contributed by atoms with Crippen LogP contribution in [0.4, 0.5) is 16.2 Å². The zero-order chi connectivity index (χ0) is 39.6. The Hall–Kier alpha value is -5.32. The fourth-order valence-electron chi connectivity index (χ4n) is 6.12. The SMILES string of the molecule is Cc1ccccc1NC(=O)Nc1ccc(CC(=O)N(C)[C@@H](CC(C)C)C(=O)NCC[C@H](NC(=O)[C@@H]2C[C@H](N)CN2S(=O)(=O)c2ccccc2)C(=O)O)cc1. The molecule has 0 bridgehead atoms. The van der Waals surface area contributed by atoms with E-state index < -0.39 is 58.0 Å². The van der Waals surface area contributed by atoms with Gasteiger partial charge in [0, 0.05) is 37.6 Å². The van der Waals surface area contributed by atoms with E-state index in [9.17, 15) is 37.5 Å². The highest BCUT2D eigenvalue weighted by atomic mass is 32.2. The third kappa shape index (κ3) is 11.1. The van der Waals surface area contributed by atoms with Gasteiger partial charge in [-0.1, -0.05) is 62.4 Å². The molecular formula is C38H49N7O8S. The molecule has 0 spiro atoms. The molecule has 4 rings (SSSR count). The number of carbonyl (C=O) groups excluding carboxylic acids is 4. The van der Waals surface area contributed by atoms with E-state index in [4.69, 9.17) is 5.73 Å². The molecule has 3 aromatic rings. The molecule has 54 heavy (non-hydrogen) atoms. The van der Waals surface area contributed by atoms with Crippen molar-refractivity contribution >= 4 is 51.1 Å². The summed E-state index contributed by atoms with van der Waals surface area (Å²) < 4.78 is 27.6. The van der Waals surface area contributed by atoms with Crippen LogP contribution < -0.4 is 27.0 Å². The average molecular weight is 764 g/mol. The van der Waals surface area contributed by atoms with E-state index in [1.165, 1.54) is 24.1 Å². The maximum atomic E-state index is 13.4. The number of rotatable bonds is 16. The molecule has 1 aliphatic rings. The number of aryl methyl sites for hydroxylation is 1. The Morgan fingerprint density at radius 3 is 2.22 bits per heavy atom. The molecule has 1 fully saturated rings. The number of benzene rings is 3. The predicted molar refractivity (Wildman–Crippen MR) is 204 cm³/mol. The van der Waals surface area contributed by atoms with Crippen molar-refractivity contribution in [3.63, 3.8) is 0 Å². The summed E-state index contributed by atoms with van der Waals surface area (Å²) in [4.78, 5) is 66.0. The Balaban J connectivity index is 1.32. The maximum Gasteiger partial charge on any atom is 0.326 e. The number of likely N-dealkylation sites (N-methyl/N-ethyl adjacent to an activating group) is 1. The number of aliphatic carboxylic acids is 1. The number of para-hydroxylation sites is 1. The van der Waals surface area contributed by atoms with Gasteiger partial charge >= 0.3 is 12.0 Å². The Bertz CT molecular complexity index is 1910. The molecule has 290 valence electrons. The van der Waals surface area contributed by atoms with Gasteiger partial charge in [-0.15, -0.1) is 0 Å². The fraction of sp³-hybridized carbons (Fsp3) is 0.395. The summed E-state index contributed by atoms with van der Waals surface area (Å²) in [5.74, 6) is -2.95. The zero-order valence-electron chi connectivity index (χ0n) is 30.8. The van der Waals surface area contributed by atoms with Crippen LogP contribution in [-0.4, -0.2) is 96.8 Å². The molecule has 5 amide bonds. The number of nitrogens with two attached hydrogens (primary N) is 1. The van der Waals surface area contributed by atoms with E-state index in [0.717, 1.165) is 9.87 Å². The number of nitrogens with one attached hydrogen (secondary N) is 4. The molecule has 7 N–H and O–H groups in total. The van der Waals surface area contributed by atoms with Crippen LogP contribution in [0.1, 0.15) is 44.2 Å². The number of anilines is 2. The topological polar surface area (TPSA) is 220 Å². The average Bonchev–Trinajstić information content (AvgIpc) is 3.54. The van der Waals surface area contributed by atoms with Gasteiger partial charge in [-0.3, -0.25) is 14.4 Å². The summed E-state index contributed by atoms with van der Waals surface area (Å²) in [6, 6.07) is 17.2.